The lowest BCUT2D eigenvalue weighted by Gasteiger charge is -2.53. The molecule has 4 atom stereocenters. The summed E-state index contributed by atoms with van der Waals surface area (Å²) in [6.07, 6.45) is 0.746. The van der Waals surface area contributed by atoms with Crippen LogP contribution in [-0.4, -0.2) is 45.6 Å². The fourth-order valence-corrected chi connectivity index (χ4v) is 4.61. The van der Waals surface area contributed by atoms with Crippen molar-refractivity contribution in [1.82, 2.24) is 0 Å². The van der Waals surface area contributed by atoms with E-state index in [0.29, 0.717) is 24.0 Å². The number of fused-ring (bicyclic) bond motifs is 1. The predicted molar refractivity (Wildman–Crippen MR) is 109 cm³/mol. The average molecular weight is 410 g/mol. The highest BCUT2D eigenvalue weighted by Crippen LogP contribution is 2.48. The third-order valence-electron chi connectivity index (χ3n) is 6.33. The predicted octanol–water partition coefficient (Wildman–Crippen LogP) is 3.27. The van der Waals surface area contributed by atoms with Crippen molar-refractivity contribution in [1.29, 1.82) is 0 Å². The van der Waals surface area contributed by atoms with Crippen molar-refractivity contribution < 1.29 is 29.3 Å². The molecule has 2 aromatic rings. The summed E-state index contributed by atoms with van der Waals surface area (Å²) in [5.41, 5.74) is -1.99. The molecule has 6 nitrogen and oxygen atoms in total. The number of hydrogen-bond acceptors (Lipinski definition) is 6. The average Bonchev–Trinajstić information content (AvgIpc) is 2.76. The van der Waals surface area contributed by atoms with E-state index in [1.807, 2.05) is 0 Å². The maximum absolute atomic E-state index is 12.7. The molecule has 0 heterocycles. The lowest BCUT2D eigenvalue weighted by atomic mass is 9.62. The molecule has 2 aromatic carbocycles. The molecule has 2 saturated carbocycles. The molecule has 0 bridgehead atoms. The van der Waals surface area contributed by atoms with Gasteiger partial charge in [-0.05, 0) is 37.1 Å². The maximum atomic E-state index is 12.7. The minimum absolute atomic E-state index is 0.0226. The van der Waals surface area contributed by atoms with Crippen LogP contribution in [0.2, 0.25) is 0 Å². The lowest BCUT2D eigenvalue weighted by molar-refractivity contribution is -0.237. The summed E-state index contributed by atoms with van der Waals surface area (Å²) in [6.45, 7) is 0. The first kappa shape index (κ1) is 20.6. The van der Waals surface area contributed by atoms with Crippen molar-refractivity contribution in [2.45, 2.75) is 61.9 Å². The second kappa shape index (κ2) is 8.20. The van der Waals surface area contributed by atoms with Crippen molar-refractivity contribution >= 4 is 11.9 Å². The Labute approximate surface area is 175 Å². The zero-order chi connectivity index (χ0) is 21.2. The van der Waals surface area contributed by atoms with Crippen LogP contribution in [0.5, 0.6) is 0 Å². The van der Waals surface area contributed by atoms with Crippen LogP contribution in [0.25, 0.3) is 0 Å². The van der Waals surface area contributed by atoms with Crippen LogP contribution >= 0.6 is 0 Å². The molecular weight excluding hydrogens is 384 g/mol. The molecule has 0 aliphatic heterocycles. The van der Waals surface area contributed by atoms with Gasteiger partial charge in [-0.2, -0.15) is 0 Å². The minimum atomic E-state index is -1.37. The highest BCUT2D eigenvalue weighted by molar-refractivity contribution is 5.90. The fraction of sp³-hybridized carbons (Fsp3) is 0.417. The van der Waals surface area contributed by atoms with Gasteiger partial charge in [0.1, 0.15) is 12.2 Å². The Bertz CT molecular complexity index is 823. The standard InChI is InChI=1S/C24H26O6/c25-21(17-9-3-1-4-10-17)29-19-15-23(27)13-7-8-14-24(23,28)16-20(19)30-22(26)18-11-5-2-6-12-18/h1-6,9-12,19-20,27-28H,7-8,13-16H2/t19-,20-,23+,24+/m0/s1. The number of esters is 2. The molecule has 30 heavy (non-hydrogen) atoms. The Morgan fingerprint density at radius 3 is 1.43 bits per heavy atom. The van der Waals surface area contributed by atoms with Crippen LogP contribution in [0.3, 0.4) is 0 Å². The number of hydrogen-bond donors (Lipinski definition) is 2. The SMILES string of the molecule is O=C(O[C@H]1C[C@]2(O)CCCC[C@@]2(O)C[C@@H]1OC(=O)c1ccccc1)c1ccccc1. The molecule has 0 aromatic heterocycles. The Morgan fingerprint density at radius 2 is 1.07 bits per heavy atom. The first-order valence-corrected chi connectivity index (χ1v) is 10.4. The van der Waals surface area contributed by atoms with Crippen molar-refractivity contribution in [3.63, 3.8) is 0 Å². The van der Waals surface area contributed by atoms with Crippen molar-refractivity contribution in [2.75, 3.05) is 0 Å². The number of aliphatic hydroxyl groups is 2. The van der Waals surface area contributed by atoms with Gasteiger partial charge in [-0.3, -0.25) is 0 Å². The highest BCUT2D eigenvalue weighted by atomic mass is 16.6. The van der Waals surface area contributed by atoms with E-state index >= 15 is 0 Å². The molecule has 0 spiro atoms. The molecule has 6 heteroatoms. The largest absolute Gasteiger partial charge is 0.455 e. The zero-order valence-electron chi connectivity index (χ0n) is 16.7. The summed E-state index contributed by atoms with van der Waals surface area (Å²) >= 11 is 0. The van der Waals surface area contributed by atoms with Gasteiger partial charge in [0.05, 0.1) is 22.3 Å². The van der Waals surface area contributed by atoms with Crippen LogP contribution in [-0.2, 0) is 9.47 Å². The first-order chi connectivity index (χ1) is 14.4. The Morgan fingerprint density at radius 1 is 0.700 bits per heavy atom. The Kier molecular flexibility index (Phi) is 5.62. The summed E-state index contributed by atoms with van der Waals surface area (Å²) in [6, 6.07) is 17.1. The van der Waals surface area contributed by atoms with Crippen LogP contribution in [0, 0.1) is 0 Å². The van der Waals surface area contributed by atoms with E-state index in [1.165, 1.54) is 0 Å². The van der Waals surface area contributed by atoms with Crippen LogP contribution < -0.4 is 0 Å². The monoisotopic (exact) mass is 410 g/mol. The topological polar surface area (TPSA) is 93.1 Å². The van der Waals surface area contributed by atoms with Crippen LogP contribution in [0.15, 0.2) is 60.7 Å². The lowest BCUT2D eigenvalue weighted by Crippen LogP contribution is -2.65. The van der Waals surface area contributed by atoms with Gasteiger partial charge >= 0.3 is 11.9 Å². The van der Waals surface area contributed by atoms with Gasteiger partial charge in [0, 0.05) is 12.8 Å². The molecule has 158 valence electrons. The molecule has 4 rings (SSSR count). The van der Waals surface area contributed by atoms with E-state index in [1.54, 1.807) is 60.7 Å². The van der Waals surface area contributed by atoms with Crippen LogP contribution in [0.4, 0.5) is 0 Å². The molecule has 0 radical (unpaired) electrons. The van der Waals surface area contributed by atoms with Crippen molar-refractivity contribution in [3.8, 4) is 0 Å². The van der Waals surface area contributed by atoms with Crippen molar-refractivity contribution in [2.24, 2.45) is 0 Å². The van der Waals surface area contributed by atoms with E-state index in [9.17, 15) is 19.8 Å². The normalized spacial score (nSPS) is 30.7. The maximum Gasteiger partial charge on any atom is 0.338 e. The zero-order valence-corrected chi connectivity index (χ0v) is 16.7. The van der Waals surface area contributed by atoms with Crippen molar-refractivity contribution in [3.05, 3.63) is 71.8 Å². The molecule has 2 fully saturated rings. The Balaban J connectivity index is 1.58. The second-order valence-corrected chi connectivity index (χ2v) is 8.30. The van der Waals surface area contributed by atoms with E-state index in [0.717, 1.165) is 12.8 Å². The molecule has 0 unspecified atom stereocenters. The third kappa shape index (κ3) is 3.98. The number of rotatable bonds is 4. The third-order valence-corrected chi connectivity index (χ3v) is 6.33. The number of carbonyl (C=O) groups is 2. The fourth-order valence-electron chi connectivity index (χ4n) is 4.61. The van der Waals surface area contributed by atoms with E-state index < -0.39 is 35.3 Å². The Hall–Kier alpha value is -2.70. The van der Waals surface area contributed by atoms with Gasteiger partial charge in [-0.25, -0.2) is 9.59 Å². The summed E-state index contributed by atoms with van der Waals surface area (Å²) in [4.78, 5) is 25.3. The summed E-state index contributed by atoms with van der Waals surface area (Å²) < 4.78 is 11.4. The molecule has 0 amide bonds. The van der Waals surface area contributed by atoms with E-state index in [-0.39, 0.29) is 12.8 Å². The number of benzene rings is 2. The smallest absolute Gasteiger partial charge is 0.338 e. The second-order valence-electron chi connectivity index (χ2n) is 8.30. The van der Waals surface area contributed by atoms with Gasteiger partial charge in [-0.15, -0.1) is 0 Å². The van der Waals surface area contributed by atoms with Gasteiger partial charge in [0.25, 0.3) is 0 Å². The van der Waals surface area contributed by atoms with Gasteiger partial charge in [-0.1, -0.05) is 49.2 Å². The van der Waals surface area contributed by atoms with Gasteiger partial charge in [0.15, 0.2) is 0 Å². The van der Waals surface area contributed by atoms with Gasteiger partial charge < -0.3 is 19.7 Å². The summed E-state index contributed by atoms with van der Waals surface area (Å²) in [5, 5.41) is 22.4. The summed E-state index contributed by atoms with van der Waals surface area (Å²) in [7, 11) is 0. The molecule has 0 saturated heterocycles. The number of carbonyl (C=O) groups excluding carboxylic acids is 2. The van der Waals surface area contributed by atoms with Crippen LogP contribution in [0.1, 0.15) is 59.2 Å². The van der Waals surface area contributed by atoms with E-state index in [2.05, 4.69) is 0 Å². The molecule has 2 N–H and O–H groups in total. The van der Waals surface area contributed by atoms with Gasteiger partial charge in [0.2, 0.25) is 0 Å². The quantitative estimate of drug-likeness (QED) is 0.752. The van der Waals surface area contributed by atoms with E-state index in [4.69, 9.17) is 9.47 Å². The molecule has 2 aliphatic rings. The molecule has 2 aliphatic carbocycles. The summed E-state index contributed by atoms with van der Waals surface area (Å²) in [5.74, 6) is -1.10. The minimum Gasteiger partial charge on any atom is -0.455 e. The highest BCUT2D eigenvalue weighted by Gasteiger charge is 2.59. The molecular formula is C24H26O6. The number of ether oxygens (including phenoxy) is 2. The first-order valence-electron chi connectivity index (χ1n) is 10.4.